The normalized spacial score (nSPS) is 10.5. The van der Waals surface area contributed by atoms with Crippen molar-refractivity contribution in [3.05, 3.63) is 0 Å². The molecule has 0 unspecified atom stereocenters. The van der Waals surface area contributed by atoms with Crippen LogP contribution in [0, 0.1) is 0 Å². The van der Waals surface area contributed by atoms with E-state index in [1.165, 1.54) is 57.8 Å². The summed E-state index contributed by atoms with van der Waals surface area (Å²) in [4.78, 5) is 11.7. The molecule has 1 amide bonds. The summed E-state index contributed by atoms with van der Waals surface area (Å²) in [7, 11) is 0. The van der Waals surface area contributed by atoms with Gasteiger partial charge in [-0.3, -0.25) is 4.79 Å². The summed E-state index contributed by atoms with van der Waals surface area (Å²) in [6, 6.07) is 0. The lowest BCUT2D eigenvalue weighted by molar-refractivity contribution is -0.119. The van der Waals surface area contributed by atoms with Crippen LogP contribution in [0.1, 0.15) is 97.3 Å². The lowest BCUT2D eigenvalue weighted by Gasteiger charge is -2.09. The Hall–Kier alpha value is -0.640. The summed E-state index contributed by atoms with van der Waals surface area (Å²) >= 11 is 5.14. The van der Waals surface area contributed by atoms with E-state index in [9.17, 15) is 4.79 Å². The third-order valence-electron chi connectivity index (χ3n) is 3.83. The van der Waals surface area contributed by atoms with Crippen molar-refractivity contribution in [2.75, 3.05) is 6.54 Å². The van der Waals surface area contributed by atoms with E-state index in [2.05, 4.69) is 24.5 Å². The zero-order chi connectivity index (χ0) is 16.5. The van der Waals surface area contributed by atoms with Gasteiger partial charge in [-0.2, -0.15) is 0 Å². The van der Waals surface area contributed by atoms with Crippen LogP contribution in [0.5, 0.6) is 0 Å². The van der Waals surface area contributed by atoms with Crippen LogP contribution in [0.3, 0.4) is 0 Å². The second-order valence-corrected chi connectivity index (χ2v) is 6.50. The van der Waals surface area contributed by atoms with Crippen molar-refractivity contribution in [2.24, 2.45) is 0 Å². The molecule has 22 heavy (non-hydrogen) atoms. The molecule has 0 aliphatic rings. The summed E-state index contributed by atoms with van der Waals surface area (Å²) in [5.74, 6) is 0.0518. The van der Waals surface area contributed by atoms with Gasteiger partial charge in [0.25, 0.3) is 0 Å². The van der Waals surface area contributed by atoms with Crippen molar-refractivity contribution in [1.29, 1.82) is 0 Å². The van der Waals surface area contributed by atoms with Crippen LogP contribution in [-0.4, -0.2) is 17.6 Å². The Labute approximate surface area is 143 Å². The van der Waals surface area contributed by atoms with E-state index in [0.29, 0.717) is 11.5 Å². The quantitative estimate of drug-likeness (QED) is 0.345. The van der Waals surface area contributed by atoms with Crippen molar-refractivity contribution in [3.63, 3.8) is 0 Å². The van der Waals surface area contributed by atoms with Gasteiger partial charge in [-0.15, -0.1) is 0 Å². The first kappa shape index (κ1) is 21.4. The Kier molecular flexibility index (Phi) is 16.2. The van der Waals surface area contributed by atoms with E-state index in [4.69, 9.17) is 12.2 Å². The Morgan fingerprint density at radius 2 is 1.27 bits per heavy atom. The fourth-order valence-electron chi connectivity index (χ4n) is 2.41. The SMILES string of the molecule is CCCCCCCCNC(=S)NC(=O)CCCCCCCC. The summed E-state index contributed by atoms with van der Waals surface area (Å²) in [6.07, 6.45) is 15.4. The Morgan fingerprint density at radius 1 is 0.773 bits per heavy atom. The molecule has 0 radical (unpaired) electrons. The van der Waals surface area contributed by atoms with Crippen LogP contribution in [0.25, 0.3) is 0 Å². The van der Waals surface area contributed by atoms with Gasteiger partial charge in [0.2, 0.25) is 5.91 Å². The van der Waals surface area contributed by atoms with Crippen molar-refractivity contribution in [2.45, 2.75) is 97.3 Å². The van der Waals surface area contributed by atoms with Crippen molar-refractivity contribution in [1.82, 2.24) is 10.6 Å². The van der Waals surface area contributed by atoms with Crippen molar-refractivity contribution >= 4 is 23.2 Å². The smallest absolute Gasteiger partial charge is 0.226 e. The zero-order valence-corrected chi connectivity index (χ0v) is 15.5. The van der Waals surface area contributed by atoms with Crippen LogP contribution < -0.4 is 10.6 Å². The molecule has 0 aliphatic heterocycles. The van der Waals surface area contributed by atoms with Crippen LogP contribution in [0.4, 0.5) is 0 Å². The fraction of sp³-hybridized carbons (Fsp3) is 0.889. The molecule has 0 aliphatic carbocycles. The molecule has 0 fully saturated rings. The molecular formula is C18H36N2OS. The van der Waals surface area contributed by atoms with E-state index >= 15 is 0 Å². The van der Waals surface area contributed by atoms with Crippen molar-refractivity contribution in [3.8, 4) is 0 Å². The molecule has 0 aromatic rings. The molecule has 0 atom stereocenters. The fourth-order valence-corrected chi connectivity index (χ4v) is 2.62. The number of hydrogen-bond acceptors (Lipinski definition) is 2. The highest BCUT2D eigenvalue weighted by Gasteiger charge is 2.03. The number of thiocarbonyl (C=S) groups is 1. The first-order valence-electron chi connectivity index (χ1n) is 9.28. The number of amides is 1. The van der Waals surface area contributed by atoms with Gasteiger partial charge in [0.05, 0.1) is 0 Å². The first-order chi connectivity index (χ1) is 10.7. The molecule has 130 valence electrons. The van der Waals surface area contributed by atoms with Crippen molar-refractivity contribution < 1.29 is 4.79 Å². The van der Waals surface area contributed by atoms with E-state index in [1.807, 2.05) is 0 Å². The van der Waals surface area contributed by atoms with Crippen LogP contribution in [-0.2, 0) is 4.79 Å². The number of nitrogens with one attached hydrogen (secondary N) is 2. The molecule has 0 heterocycles. The standard InChI is InChI=1S/C18H36N2OS/c1-3-5-7-9-11-13-15-17(21)20-18(22)19-16-14-12-10-8-6-4-2/h3-16H2,1-2H3,(H2,19,20,21,22). The molecule has 0 aromatic carbocycles. The highest BCUT2D eigenvalue weighted by Crippen LogP contribution is 2.06. The average Bonchev–Trinajstić information content (AvgIpc) is 2.50. The molecule has 0 rings (SSSR count). The molecule has 0 spiro atoms. The predicted octanol–water partition coefficient (Wildman–Crippen LogP) is 5.09. The number of carbonyl (C=O) groups excluding carboxylic acids is 1. The zero-order valence-electron chi connectivity index (χ0n) is 14.7. The monoisotopic (exact) mass is 328 g/mol. The molecule has 0 saturated heterocycles. The van der Waals surface area contributed by atoms with Gasteiger partial charge in [-0.25, -0.2) is 0 Å². The minimum Gasteiger partial charge on any atom is -0.362 e. The first-order valence-corrected chi connectivity index (χ1v) is 9.69. The molecular weight excluding hydrogens is 292 g/mol. The van der Waals surface area contributed by atoms with E-state index in [-0.39, 0.29) is 5.91 Å². The van der Waals surface area contributed by atoms with E-state index in [0.717, 1.165) is 25.8 Å². The van der Waals surface area contributed by atoms with Gasteiger partial charge >= 0.3 is 0 Å². The highest BCUT2D eigenvalue weighted by molar-refractivity contribution is 7.80. The predicted molar refractivity (Wildman–Crippen MR) is 100 cm³/mol. The van der Waals surface area contributed by atoms with Gasteiger partial charge < -0.3 is 10.6 Å². The lowest BCUT2D eigenvalue weighted by atomic mass is 10.1. The third kappa shape index (κ3) is 15.7. The number of hydrogen-bond donors (Lipinski definition) is 2. The van der Waals surface area contributed by atoms with Crippen LogP contribution in [0.2, 0.25) is 0 Å². The van der Waals surface area contributed by atoms with Gasteiger partial charge in [0.1, 0.15) is 0 Å². The Morgan fingerprint density at radius 3 is 1.86 bits per heavy atom. The second-order valence-electron chi connectivity index (χ2n) is 6.09. The Balaban J connectivity index is 3.37. The van der Waals surface area contributed by atoms with Gasteiger partial charge in [0.15, 0.2) is 5.11 Å². The molecule has 4 heteroatoms. The second kappa shape index (κ2) is 16.7. The molecule has 0 aromatic heterocycles. The maximum absolute atomic E-state index is 11.7. The molecule has 0 bridgehead atoms. The number of unbranched alkanes of at least 4 members (excludes halogenated alkanes) is 10. The number of carbonyl (C=O) groups is 1. The molecule has 0 saturated carbocycles. The maximum Gasteiger partial charge on any atom is 0.226 e. The van der Waals surface area contributed by atoms with Gasteiger partial charge in [0, 0.05) is 13.0 Å². The average molecular weight is 329 g/mol. The van der Waals surface area contributed by atoms with Gasteiger partial charge in [-0.05, 0) is 25.1 Å². The van der Waals surface area contributed by atoms with Crippen LogP contribution >= 0.6 is 12.2 Å². The summed E-state index contributed by atoms with van der Waals surface area (Å²) in [5.41, 5.74) is 0. The number of rotatable bonds is 14. The minimum atomic E-state index is 0.0518. The highest BCUT2D eigenvalue weighted by atomic mass is 32.1. The summed E-state index contributed by atoms with van der Waals surface area (Å²) in [5, 5.41) is 6.39. The summed E-state index contributed by atoms with van der Waals surface area (Å²) in [6.45, 7) is 5.31. The maximum atomic E-state index is 11.7. The summed E-state index contributed by atoms with van der Waals surface area (Å²) < 4.78 is 0. The van der Waals surface area contributed by atoms with E-state index < -0.39 is 0 Å². The largest absolute Gasteiger partial charge is 0.362 e. The molecule has 3 nitrogen and oxygen atoms in total. The minimum absolute atomic E-state index is 0.0518. The molecule has 2 N–H and O–H groups in total. The van der Waals surface area contributed by atoms with E-state index in [1.54, 1.807) is 0 Å². The third-order valence-corrected chi connectivity index (χ3v) is 4.07. The topological polar surface area (TPSA) is 41.1 Å². The van der Waals surface area contributed by atoms with Crippen LogP contribution in [0.15, 0.2) is 0 Å². The van der Waals surface area contributed by atoms with Gasteiger partial charge in [-0.1, -0.05) is 78.1 Å². The lowest BCUT2D eigenvalue weighted by Crippen LogP contribution is -2.39. The Bertz CT molecular complexity index is 282.